The maximum Gasteiger partial charge on any atom is 0.228 e. The Morgan fingerprint density at radius 3 is 2.62 bits per heavy atom. The molecule has 3 aliphatic rings. The van der Waals surface area contributed by atoms with E-state index in [0.29, 0.717) is 25.0 Å². The fourth-order valence-electron chi connectivity index (χ4n) is 4.61. The minimum Gasteiger partial charge on any atom is -0.340 e. The lowest BCUT2D eigenvalue weighted by Crippen LogP contribution is -2.44. The van der Waals surface area contributed by atoms with Gasteiger partial charge in [0.1, 0.15) is 0 Å². The van der Waals surface area contributed by atoms with E-state index in [1.165, 1.54) is 12.8 Å². The Hall–Kier alpha value is -1.85. The van der Waals surface area contributed by atoms with Crippen molar-refractivity contribution in [3.63, 3.8) is 0 Å². The average Bonchev–Trinajstić information content (AvgIpc) is 3.35. The van der Waals surface area contributed by atoms with Crippen LogP contribution in [0.25, 0.3) is 0 Å². The molecule has 3 heterocycles. The van der Waals surface area contributed by atoms with Gasteiger partial charge in [0.25, 0.3) is 0 Å². The number of piperidine rings is 1. The Bertz CT molecular complexity index is 594. The molecule has 2 amide bonds. The zero-order chi connectivity index (χ0) is 16.5. The van der Waals surface area contributed by atoms with Crippen LogP contribution < -0.4 is 0 Å². The number of imidazole rings is 1. The summed E-state index contributed by atoms with van der Waals surface area (Å²) in [5.74, 6) is 0.219. The highest BCUT2D eigenvalue weighted by Gasteiger charge is 2.40. The minimum atomic E-state index is -0.139. The fraction of sp³-hybridized carbons (Fsp3) is 0.722. The molecule has 2 aliphatic heterocycles. The number of rotatable bonds is 3. The Kier molecular flexibility index (Phi) is 4.29. The summed E-state index contributed by atoms with van der Waals surface area (Å²) >= 11 is 0. The van der Waals surface area contributed by atoms with Crippen LogP contribution in [0.2, 0.25) is 0 Å². The average molecular weight is 330 g/mol. The largest absolute Gasteiger partial charge is 0.340 e. The second kappa shape index (κ2) is 6.57. The molecule has 0 bridgehead atoms. The number of carbonyl (C=O) groups excluding carboxylic acids is 2. The van der Waals surface area contributed by atoms with E-state index in [-0.39, 0.29) is 17.7 Å². The third-order valence-electron chi connectivity index (χ3n) is 5.93. The Morgan fingerprint density at radius 1 is 1.08 bits per heavy atom. The molecule has 1 saturated carbocycles. The van der Waals surface area contributed by atoms with Crippen LogP contribution in [0.3, 0.4) is 0 Å². The molecule has 4 rings (SSSR count). The lowest BCUT2D eigenvalue weighted by Gasteiger charge is -2.35. The monoisotopic (exact) mass is 330 g/mol. The summed E-state index contributed by atoms with van der Waals surface area (Å²) < 4.78 is 2.10. The van der Waals surface area contributed by atoms with Crippen LogP contribution >= 0.6 is 0 Å². The zero-order valence-electron chi connectivity index (χ0n) is 14.1. The molecule has 1 aromatic heterocycles. The summed E-state index contributed by atoms with van der Waals surface area (Å²) in [4.78, 5) is 33.4. The molecule has 0 radical (unpaired) electrons. The van der Waals surface area contributed by atoms with Crippen molar-refractivity contribution in [1.29, 1.82) is 0 Å². The lowest BCUT2D eigenvalue weighted by atomic mass is 10.0. The molecule has 0 N–H and O–H groups in total. The summed E-state index contributed by atoms with van der Waals surface area (Å²) in [5, 5.41) is 0. The van der Waals surface area contributed by atoms with Gasteiger partial charge in [-0.25, -0.2) is 4.98 Å². The van der Waals surface area contributed by atoms with E-state index < -0.39 is 0 Å². The molecule has 6 heteroatoms. The summed E-state index contributed by atoms with van der Waals surface area (Å²) in [5.41, 5.74) is 0. The third-order valence-corrected chi connectivity index (χ3v) is 5.93. The molecule has 1 aliphatic carbocycles. The van der Waals surface area contributed by atoms with Crippen LogP contribution in [-0.4, -0.2) is 56.8 Å². The molecule has 3 fully saturated rings. The van der Waals surface area contributed by atoms with Crippen molar-refractivity contribution in [2.45, 2.75) is 57.0 Å². The van der Waals surface area contributed by atoms with Crippen LogP contribution in [0.5, 0.6) is 0 Å². The number of aromatic nitrogens is 2. The lowest BCUT2D eigenvalue weighted by molar-refractivity contribution is -0.137. The number of likely N-dealkylation sites (tertiary alicyclic amines) is 2. The molecule has 2 saturated heterocycles. The van der Waals surface area contributed by atoms with Gasteiger partial charge in [-0.05, 0) is 25.7 Å². The molecule has 130 valence electrons. The SMILES string of the molecule is O=C([C@@H]1CC(=O)N(C2CCCC2)C1)N1CCC[C@@H](n2ccnc2)C1. The summed E-state index contributed by atoms with van der Waals surface area (Å²) in [7, 11) is 0. The molecular weight excluding hydrogens is 304 g/mol. The van der Waals surface area contributed by atoms with Gasteiger partial charge in [-0.15, -0.1) is 0 Å². The minimum absolute atomic E-state index is 0.139. The molecule has 0 aromatic carbocycles. The van der Waals surface area contributed by atoms with E-state index >= 15 is 0 Å². The van der Waals surface area contributed by atoms with Gasteiger partial charge in [0.05, 0.1) is 18.3 Å². The predicted molar refractivity (Wildman–Crippen MR) is 89.2 cm³/mol. The maximum atomic E-state index is 12.9. The highest BCUT2D eigenvalue weighted by Crippen LogP contribution is 2.31. The topological polar surface area (TPSA) is 58.4 Å². The highest BCUT2D eigenvalue weighted by atomic mass is 16.2. The number of amides is 2. The van der Waals surface area contributed by atoms with Crippen molar-refractivity contribution in [2.75, 3.05) is 19.6 Å². The highest BCUT2D eigenvalue weighted by molar-refractivity contribution is 5.89. The molecule has 1 aromatic rings. The number of hydrogen-bond acceptors (Lipinski definition) is 3. The van der Waals surface area contributed by atoms with Gasteiger partial charge in [0.15, 0.2) is 0 Å². The van der Waals surface area contributed by atoms with E-state index in [2.05, 4.69) is 9.55 Å². The van der Waals surface area contributed by atoms with E-state index in [0.717, 1.165) is 38.8 Å². The third kappa shape index (κ3) is 2.94. The number of hydrogen-bond donors (Lipinski definition) is 0. The molecule has 0 spiro atoms. The summed E-state index contributed by atoms with van der Waals surface area (Å²) in [6.45, 7) is 2.19. The van der Waals surface area contributed by atoms with Gasteiger partial charge in [-0.2, -0.15) is 0 Å². The second-order valence-electron chi connectivity index (χ2n) is 7.48. The van der Waals surface area contributed by atoms with Crippen molar-refractivity contribution < 1.29 is 9.59 Å². The first-order valence-corrected chi connectivity index (χ1v) is 9.28. The first kappa shape index (κ1) is 15.7. The Balaban J connectivity index is 1.39. The summed E-state index contributed by atoms with van der Waals surface area (Å²) in [6, 6.07) is 0.698. The molecule has 2 atom stereocenters. The zero-order valence-corrected chi connectivity index (χ0v) is 14.1. The van der Waals surface area contributed by atoms with Gasteiger partial charge < -0.3 is 14.4 Å². The van der Waals surface area contributed by atoms with E-state index in [1.807, 2.05) is 22.3 Å². The van der Waals surface area contributed by atoms with Crippen molar-refractivity contribution >= 4 is 11.8 Å². The second-order valence-corrected chi connectivity index (χ2v) is 7.48. The Morgan fingerprint density at radius 2 is 1.88 bits per heavy atom. The van der Waals surface area contributed by atoms with E-state index in [1.54, 1.807) is 6.20 Å². The van der Waals surface area contributed by atoms with E-state index in [4.69, 9.17) is 0 Å². The number of nitrogens with zero attached hydrogens (tertiary/aromatic N) is 4. The standard InChI is InChI=1S/C18H26N4O2/c23-17-10-14(11-22(17)15-4-1-2-5-15)18(24)20-8-3-6-16(12-20)21-9-7-19-13-21/h7,9,13-16H,1-6,8,10-12H2/t14-,16-/m1/s1. The first-order valence-electron chi connectivity index (χ1n) is 9.28. The van der Waals surface area contributed by atoms with Gasteiger partial charge >= 0.3 is 0 Å². The van der Waals surface area contributed by atoms with Gasteiger partial charge in [-0.1, -0.05) is 12.8 Å². The van der Waals surface area contributed by atoms with Crippen LogP contribution in [0.4, 0.5) is 0 Å². The van der Waals surface area contributed by atoms with Crippen LogP contribution in [0, 0.1) is 5.92 Å². The van der Waals surface area contributed by atoms with Gasteiger partial charge in [0, 0.05) is 44.5 Å². The predicted octanol–water partition coefficient (Wildman–Crippen LogP) is 1.84. The van der Waals surface area contributed by atoms with Gasteiger partial charge in [0.2, 0.25) is 11.8 Å². The van der Waals surface area contributed by atoms with Crippen LogP contribution in [0.1, 0.15) is 51.0 Å². The van der Waals surface area contributed by atoms with Crippen molar-refractivity contribution in [3.05, 3.63) is 18.7 Å². The normalized spacial score (nSPS) is 28.8. The van der Waals surface area contributed by atoms with Crippen LogP contribution in [0.15, 0.2) is 18.7 Å². The van der Waals surface area contributed by atoms with Crippen molar-refractivity contribution in [2.24, 2.45) is 5.92 Å². The molecule has 0 unspecified atom stereocenters. The Labute approximate surface area is 142 Å². The molecule has 24 heavy (non-hydrogen) atoms. The maximum absolute atomic E-state index is 12.9. The number of carbonyl (C=O) groups is 2. The smallest absolute Gasteiger partial charge is 0.228 e. The quantitative estimate of drug-likeness (QED) is 0.850. The molecule has 6 nitrogen and oxygen atoms in total. The molecular formula is C18H26N4O2. The van der Waals surface area contributed by atoms with E-state index in [9.17, 15) is 9.59 Å². The fourth-order valence-corrected chi connectivity index (χ4v) is 4.61. The van der Waals surface area contributed by atoms with Crippen molar-refractivity contribution in [3.8, 4) is 0 Å². The first-order chi connectivity index (χ1) is 11.7. The summed E-state index contributed by atoms with van der Waals surface area (Å²) in [6.07, 6.45) is 12.7. The van der Waals surface area contributed by atoms with Crippen molar-refractivity contribution in [1.82, 2.24) is 19.4 Å². The van der Waals surface area contributed by atoms with Gasteiger partial charge in [-0.3, -0.25) is 9.59 Å². The van der Waals surface area contributed by atoms with Crippen LogP contribution in [-0.2, 0) is 9.59 Å².